The van der Waals surface area contributed by atoms with E-state index in [1.807, 2.05) is 0 Å². The second kappa shape index (κ2) is 9.12. The third-order valence-electron chi connectivity index (χ3n) is 5.18. The van der Waals surface area contributed by atoms with Crippen LogP contribution in [0, 0.1) is 11.8 Å². The summed E-state index contributed by atoms with van der Waals surface area (Å²) in [6, 6.07) is 8.60. The van der Waals surface area contributed by atoms with Crippen LogP contribution in [-0.2, 0) is 6.42 Å². The largest absolute Gasteiger partial charge is 0.497 e. The van der Waals surface area contributed by atoms with Gasteiger partial charge in [-0.2, -0.15) is 0 Å². The molecule has 0 amide bonds. The van der Waals surface area contributed by atoms with Crippen molar-refractivity contribution in [1.29, 1.82) is 0 Å². The Bertz CT molecular complexity index is 373. The predicted molar refractivity (Wildman–Crippen MR) is 90.9 cm³/mol. The zero-order valence-corrected chi connectivity index (χ0v) is 13.9. The minimum atomic E-state index is 0.964. The lowest BCUT2D eigenvalue weighted by molar-refractivity contribution is 0.249. The highest BCUT2D eigenvalue weighted by molar-refractivity contribution is 5.27. The second-order valence-corrected chi connectivity index (χ2v) is 6.77. The van der Waals surface area contributed by atoms with Crippen LogP contribution in [0.25, 0.3) is 0 Å². The Balaban J connectivity index is 1.64. The van der Waals surface area contributed by atoms with Gasteiger partial charge in [-0.15, -0.1) is 0 Å². The third-order valence-corrected chi connectivity index (χ3v) is 5.18. The Labute approximate surface area is 131 Å². The number of hydrogen-bond acceptors (Lipinski definition) is 1. The minimum Gasteiger partial charge on any atom is -0.497 e. The molecule has 1 saturated carbocycles. The van der Waals surface area contributed by atoms with Crippen molar-refractivity contribution in [2.75, 3.05) is 7.11 Å². The SMILES string of the molecule is CCCCC[C@H]1CC[C@H](CCc2ccc(OC)cc2)CC1. The van der Waals surface area contributed by atoms with Crippen molar-refractivity contribution in [1.82, 2.24) is 0 Å². The first kappa shape index (κ1) is 16.4. The fraction of sp³-hybridized carbons (Fsp3) is 0.700. The summed E-state index contributed by atoms with van der Waals surface area (Å²) in [5, 5.41) is 0. The summed E-state index contributed by atoms with van der Waals surface area (Å²) in [6.07, 6.45) is 14.2. The Morgan fingerprint density at radius 3 is 2.10 bits per heavy atom. The van der Waals surface area contributed by atoms with Crippen molar-refractivity contribution in [2.24, 2.45) is 11.8 Å². The average molecular weight is 288 g/mol. The van der Waals surface area contributed by atoms with Gasteiger partial charge in [0.25, 0.3) is 0 Å². The summed E-state index contributed by atoms with van der Waals surface area (Å²) in [5.41, 5.74) is 1.46. The topological polar surface area (TPSA) is 9.23 Å². The predicted octanol–water partition coefficient (Wildman–Crippen LogP) is 6.01. The van der Waals surface area contributed by atoms with Gasteiger partial charge in [-0.25, -0.2) is 0 Å². The number of rotatable bonds is 8. The molecule has 0 bridgehead atoms. The van der Waals surface area contributed by atoms with Gasteiger partial charge in [-0.05, 0) is 42.4 Å². The van der Waals surface area contributed by atoms with Crippen LogP contribution in [0.3, 0.4) is 0 Å². The average Bonchev–Trinajstić information content (AvgIpc) is 2.55. The van der Waals surface area contributed by atoms with Crippen molar-refractivity contribution in [3.63, 3.8) is 0 Å². The zero-order chi connectivity index (χ0) is 14.9. The van der Waals surface area contributed by atoms with Crippen LogP contribution in [0.2, 0.25) is 0 Å². The molecule has 0 radical (unpaired) electrons. The molecule has 1 aliphatic carbocycles. The van der Waals surface area contributed by atoms with Gasteiger partial charge < -0.3 is 4.74 Å². The van der Waals surface area contributed by atoms with E-state index >= 15 is 0 Å². The second-order valence-electron chi connectivity index (χ2n) is 6.77. The standard InChI is InChI=1S/C20H32O/c1-3-4-5-6-17-7-9-18(10-8-17)11-12-19-13-15-20(21-2)16-14-19/h13-18H,3-12H2,1-2H3/t17-,18-. The highest BCUT2D eigenvalue weighted by atomic mass is 16.5. The number of hydrogen-bond donors (Lipinski definition) is 0. The fourth-order valence-corrected chi connectivity index (χ4v) is 3.65. The lowest BCUT2D eigenvalue weighted by atomic mass is 9.78. The molecule has 0 aliphatic heterocycles. The van der Waals surface area contributed by atoms with Crippen LogP contribution in [0.15, 0.2) is 24.3 Å². The number of aryl methyl sites for hydroxylation is 1. The van der Waals surface area contributed by atoms with Gasteiger partial charge in [-0.1, -0.05) is 70.4 Å². The molecular formula is C20H32O. The molecule has 1 fully saturated rings. The van der Waals surface area contributed by atoms with Gasteiger partial charge in [0.05, 0.1) is 7.11 Å². The van der Waals surface area contributed by atoms with E-state index in [0.29, 0.717) is 0 Å². The summed E-state index contributed by atoms with van der Waals surface area (Å²) < 4.78 is 5.22. The van der Waals surface area contributed by atoms with Gasteiger partial charge in [0.2, 0.25) is 0 Å². The van der Waals surface area contributed by atoms with Gasteiger partial charge in [0, 0.05) is 0 Å². The molecule has 21 heavy (non-hydrogen) atoms. The highest BCUT2D eigenvalue weighted by Gasteiger charge is 2.20. The number of benzene rings is 1. The maximum absolute atomic E-state index is 5.22. The Morgan fingerprint density at radius 1 is 0.905 bits per heavy atom. The van der Waals surface area contributed by atoms with Crippen LogP contribution in [0.4, 0.5) is 0 Å². The molecule has 1 aliphatic rings. The summed E-state index contributed by atoms with van der Waals surface area (Å²) in [6.45, 7) is 2.30. The van der Waals surface area contributed by atoms with Gasteiger partial charge >= 0.3 is 0 Å². The van der Waals surface area contributed by atoms with E-state index in [1.54, 1.807) is 7.11 Å². The minimum absolute atomic E-state index is 0.964. The van der Waals surface area contributed by atoms with Gasteiger partial charge in [0.15, 0.2) is 0 Å². The summed E-state index contributed by atoms with van der Waals surface area (Å²) in [5.74, 6) is 2.97. The Morgan fingerprint density at radius 2 is 1.52 bits per heavy atom. The zero-order valence-electron chi connectivity index (χ0n) is 13.9. The first-order valence-electron chi connectivity index (χ1n) is 8.94. The molecule has 0 N–H and O–H groups in total. The van der Waals surface area contributed by atoms with E-state index in [1.165, 1.54) is 69.8 Å². The van der Waals surface area contributed by atoms with Crippen molar-refractivity contribution < 1.29 is 4.74 Å². The first-order valence-corrected chi connectivity index (χ1v) is 8.94. The number of methoxy groups -OCH3 is 1. The Hall–Kier alpha value is -0.980. The molecule has 0 unspecified atom stereocenters. The molecule has 1 heteroatoms. The summed E-state index contributed by atoms with van der Waals surface area (Å²) in [4.78, 5) is 0. The first-order chi connectivity index (χ1) is 10.3. The van der Waals surface area contributed by atoms with E-state index in [9.17, 15) is 0 Å². The lowest BCUT2D eigenvalue weighted by Crippen LogP contribution is -2.15. The molecular weight excluding hydrogens is 256 g/mol. The van der Waals surface area contributed by atoms with E-state index in [0.717, 1.165) is 17.6 Å². The van der Waals surface area contributed by atoms with Crippen LogP contribution in [0.5, 0.6) is 5.75 Å². The Kier molecular flexibility index (Phi) is 7.12. The van der Waals surface area contributed by atoms with Gasteiger partial charge in [0.1, 0.15) is 5.75 Å². The van der Waals surface area contributed by atoms with Crippen molar-refractivity contribution in [2.45, 2.75) is 71.1 Å². The number of ether oxygens (including phenoxy) is 1. The molecule has 2 rings (SSSR count). The van der Waals surface area contributed by atoms with Crippen LogP contribution >= 0.6 is 0 Å². The molecule has 1 aromatic carbocycles. The summed E-state index contributed by atoms with van der Waals surface area (Å²) >= 11 is 0. The molecule has 0 saturated heterocycles. The van der Waals surface area contributed by atoms with Crippen LogP contribution in [-0.4, -0.2) is 7.11 Å². The van der Waals surface area contributed by atoms with Crippen LogP contribution < -0.4 is 4.74 Å². The molecule has 0 atom stereocenters. The normalized spacial score (nSPS) is 22.2. The van der Waals surface area contributed by atoms with Crippen molar-refractivity contribution >= 4 is 0 Å². The van der Waals surface area contributed by atoms with Crippen molar-refractivity contribution in [3.8, 4) is 5.75 Å². The van der Waals surface area contributed by atoms with E-state index < -0.39 is 0 Å². The molecule has 1 aromatic rings. The fourth-order valence-electron chi connectivity index (χ4n) is 3.65. The monoisotopic (exact) mass is 288 g/mol. The number of unbranched alkanes of at least 4 members (excludes halogenated alkanes) is 2. The van der Waals surface area contributed by atoms with E-state index in [4.69, 9.17) is 4.74 Å². The molecule has 118 valence electrons. The quantitative estimate of drug-likeness (QED) is 0.532. The smallest absolute Gasteiger partial charge is 0.118 e. The lowest BCUT2D eigenvalue weighted by Gasteiger charge is -2.28. The molecule has 0 heterocycles. The third kappa shape index (κ3) is 5.73. The van der Waals surface area contributed by atoms with Crippen LogP contribution in [0.1, 0.15) is 70.3 Å². The van der Waals surface area contributed by atoms with E-state index in [2.05, 4.69) is 31.2 Å². The highest BCUT2D eigenvalue weighted by Crippen LogP contribution is 2.34. The van der Waals surface area contributed by atoms with Crippen molar-refractivity contribution in [3.05, 3.63) is 29.8 Å². The van der Waals surface area contributed by atoms with Gasteiger partial charge in [-0.3, -0.25) is 0 Å². The molecule has 0 spiro atoms. The van der Waals surface area contributed by atoms with E-state index in [-0.39, 0.29) is 0 Å². The molecule has 0 aromatic heterocycles. The molecule has 1 nitrogen and oxygen atoms in total. The summed E-state index contributed by atoms with van der Waals surface area (Å²) in [7, 11) is 1.73. The maximum atomic E-state index is 5.22. The maximum Gasteiger partial charge on any atom is 0.118 e.